The molecule has 0 saturated heterocycles. The highest BCUT2D eigenvalue weighted by Crippen LogP contribution is 2.33. The summed E-state index contributed by atoms with van der Waals surface area (Å²) in [7, 11) is 0. The zero-order valence-corrected chi connectivity index (χ0v) is 18.8. The second kappa shape index (κ2) is 9.98. The van der Waals surface area contributed by atoms with Crippen LogP contribution < -0.4 is 14.8 Å². The molecule has 0 fully saturated rings. The highest BCUT2D eigenvalue weighted by molar-refractivity contribution is 6.10. The summed E-state index contributed by atoms with van der Waals surface area (Å²) in [6.07, 6.45) is 3.42. The Bertz CT molecular complexity index is 1420. The van der Waals surface area contributed by atoms with Crippen molar-refractivity contribution in [2.24, 2.45) is 0 Å². The fourth-order valence-corrected chi connectivity index (χ4v) is 3.84. The molecule has 35 heavy (non-hydrogen) atoms. The average Bonchev–Trinajstić information content (AvgIpc) is 3.30. The molecule has 172 valence electrons. The predicted molar refractivity (Wildman–Crippen MR) is 133 cm³/mol. The molecule has 0 aliphatic carbocycles. The molecule has 5 rings (SSSR count). The lowest BCUT2D eigenvalue weighted by Crippen LogP contribution is -2.17. The third-order valence-corrected chi connectivity index (χ3v) is 5.49. The van der Waals surface area contributed by atoms with Gasteiger partial charge in [0.05, 0.1) is 12.2 Å². The molecule has 4 aromatic rings. The number of amides is 1. The van der Waals surface area contributed by atoms with Crippen molar-refractivity contribution in [1.29, 1.82) is 5.26 Å². The van der Waals surface area contributed by atoms with E-state index in [0.717, 1.165) is 11.1 Å². The van der Waals surface area contributed by atoms with E-state index < -0.39 is 5.91 Å². The topological polar surface area (TPSA) is 89.2 Å². The van der Waals surface area contributed by atoms with Gasteiger partial charge in [-0.05, 0) is 23.8 Å². The smallest absolute Gasteiger partial charge is 0.266 e. The fraction of sp³-hybridized carbons (Fsp3) is 0.107. The Labute approximate surface area is 202 Å². The quantitative estimate of drug-likeness (QED) is 0.325. The minimum Gasteiger partial charge on any atom is -0.486 e. The number of fused-ring (bicyclic) bond motifs is 1. The molecule has 1 aromatic heterocycles. The van der Waals surface area contributed by atoms with Gasteiger partial charge < -0.3 is 14.8 Å². The first kappa shape index (κ1) is 22.0. The van der Waals surface area contributed by atoms with Crippen molar-refractivity contribution in [3.8, 4) is 28.8 Å². The molecular formula is C28H22N4O3. The molecule has 7 nitrogen and oxygen atoms in total. The third kappa shape index (κ3) is 5.07. The van der Waals surface area contributed by atoms with Crippen LogP contribution >= 0.6 is 0 Å². The molecule has 1 N–H and O–H groups in total. The summed E-state index contributed by atoms with van der Waals surface area (Å²) in [6.45, 7) is 1.50. The van der Waals surface area contributed by atoms with E-state index in [1.54, 1.807) is 24.3 Å². The molecule has 1 aliphatic rings. The van der Waals surface area contributed by atoms with E-state index >= 15 is 0 Å². The molecule has 1 aliphatic heterocycles. The highest BCUT2D eigenvalue weighted by Gasteiger charge is 2.17. The van der Waals surface area contributed by atoms with Gasteiger partial charge in [0.15, 0.2) is 11.5 Å². The number of aromatic nitrogens is 2. The Hall–Kier alpha value is -4.83. The fourth-order valence-electron chi connectivity index (χ4n) is 3.84. The predicted octanol–water partition coefficient (Wildman–Crippen LogP) is 4.92. The van der Waals surface area contributed by atoms with Crippen LogP contribution in [0.1, 0.15) is 11.1 Å². The van der Waals surface area contributed by atoms with E-state index in [1.807, 2.05) is 77.6 Å². The van der Waals surface area contributed by atoms with E-state index in [-0.39, 0.29) is 5.57 Å². The maximum Gasteiger partial charge on any atom is 0.266 e. The first-order valence-electron chi connectivity index (χ1n) is 11.2. The Morgan fingerprint density at radius 2 is 1.71 bits per heavy atom. The highest BCUT2D eigenvalue weighted by atomic mass is 16.6. The van der Waals surface area contributed by atoms with E-state index in [9.17, 15) is 10.1 Å². The van der Waals surface area contributed by atoms with Crippen LogP contribution in [0.15, 0.2) is 90.6 Å². The molecule has 0 atom stereocenters. The van der Waals surface area contributed by atoms with Gasteiger partial charge in [-0.2, -0.15) is 10.4 Å². The lowest BCUT2D eigenvalue weighted by atomic mass is 10.1. The van der Waals surface area contributed by atoms with Crippen LogP contribution in [0.3, 0.4) is 0 Å². The van der Waals surface area contributed by atoms with Crippen molar-refractivity contribution in [1.82, 2.24) is 9.78 Å². The lowest BCUT2D eigenvalue weighted by Gasteiger charge is -2.18. The number of anilines is 1. The SMILES string of the molecule is N#C/C(=C\c1cn(Cc2ccccc2)nc1-c1ccccc1)C(=O)Nc1ccc2c(c1)OCCO2. The normalized spacial score (nSPS) is 12.6. The van der Waals surface area contributed by atoms with Crippen LogP contribution in [0.2, 0.25) is 0 Å². The van der Waals surface area contributed by atoms with Crippen molar-refractivity contribution < 1.29 is 14.3 Å². The molecule has 7 heteroatoms. The summed E-state index contributed by atoms with van der Waals surface area (Å²) < 4.78 is 12.9. The minimum absolute atomic E-state index is 0.0312. The van der Waals surface area contributed by atoms with E-state index in [4.69, 9.17) is 14.6 Å². The van der Waals surface area contributed by atoms with E-state index in [1.165, 1.54) is 0 Å². The molecular weight excluding hydrogens is 440 g/mol. The zero-order chi connectivity index (χ0) is 24.0. The number of carbonyl (C=O) groups excluding carboxylic acids is 1. The van der Waals surface area contributed by atoms with Crippen molar-refractivity contribution in [2.75, 3.05) is 18.5 Å². The summed E-state index contributed by atoms with van der Waals surface area (Å²) in [5, 5.41) is 17.3. The first-order chi connectivity index (χ1) is 17.2. The number of nitrogens with zero attached hydrogens (tertiary/aromatic N) is 3. The molecule has 0 radical (unpaired) electrons. The molecule has 3 aromatic carbocycles. The van der Waals surface area contributed by atoms with Crippen molar-refractivity contribution >= 4 is 17.7 Å². The number of hydrogen-bond donors (Lipinski definition) is 1. The van der Waals surface area contributed by atoms with Gasteiger partial charge in [-0.15, -0.1) is 0 Å². The number of nitrogens with one attached hydrogen (secondary N) is 1. The summed E-state index contributed by atoms with van der Waals surface area (Å²) in [5.74, 6) is 0.674. The molecule has 0 bridgehead atoms. The molecule has 0 spiro atoms. The zero-order valence-electron chi connectivity index (χ0n) is 18.8. The van der Waals surface area contributed by atoms with Gasteiger partial charge in [0.25, 0.3) is 5.91 Å². The van der Waals surface area contributed by atoms with Crippen LogP contribution in [-0.2, 0) is 11.3 Å². The summed E-state index contributed by atoms with van der Waals surface area (Å²) >= 11 is 0. The average molecular weight is 463 g/mol. The van der Waals surface area contributed by atoms with Gasteiger partial charge >= 0.3 is 0 Å². The summed E-state index contributed by atoms with van der Waals surface area (Å²) in [4.78, 5) is 13.0. The van der Waals surface area contributed by atoms with Crippen molar-refractivity contribution in [2.45, 2.75) is 6.54 Å². The Kier molecular flexibility index (Phi) is 6.27. The van der Waals surface area contributed by atoms with Crippen LogP contribution in [0.5, 0.6) is 11.5 Å². The monoisotopic (exact) mass is 462 g/mol. The van der Waals surface area contributed by atoms with Gasteiger partial charge in [0.1, 0.15) is 24.9 Å². The number of ether oxygens (including phenoxy) is 2. The maximum atomic E-state index is 13.0. The number of carbonyl (C=O) groups is 1. The Balaban J connectivity index is 1.45. The number of nitriles is 1. The van der Waals surface area contributed by atoms with Gasteiger partial charge in [-0.1, -0.05) is 60.7 Å². The molecule has 0 saturated carbocycles. The molecule has 0 unspecified atom stereocenters. The largest absolute Gasteiger partial charge is 0.486 e. The standard InChI is InChI=1S/C28H22N4O3/c29-17-22(28(33)30-24-11-12-25-26(16-24)35-14-13-34-25)15-23-19-32(18-20-7-3-1-4-8-20)31-27(23)21-9-5-2-6-10-21/h1-12,15-16,19H,13-14,18H2,(H,30,33)/b22-15+. The van der Waals surface area contributed by atoms with Crippen LogP contribution in [0.4, 0.5) is 5.69 Å². The van der Waals surface area contributed by atoms with E-state index in [2.05, 4.69) is 5.32 Å². The van der Waals surface area contributed by atoms with Gasteiger partial charge in [-0.25, -0.2) is 0 Å². The second-order valence-corrected chi connectivity index (χ2v) is 7.96. The third-order valence-electron chi connectivity index (χ3n) is 5.49. The van der Waals surface area contributed by atoms with Gasteiger partial charge in [0, 0.05) is 29.1 Å². The second-order valence-electron chi connectivity index (χ2n) is 7.96. The van der Waals surface area contributed by atoms with Crippen LogP contribution in [0, 0.1) is 11.3 Å². The van der Waals surface area contributed by atoms with E-state index in [0.29, 0.717) is 48.2 Å². The lowest BCUT2D eigenvalue weighted by molar-refractivity contribution is -0.112. The van der Waals surface area contributed by atoms with Crippen molar-refractivity contribution in [3.05, 3.63) is 102 Å². The van der Waals surface area contributed by atoms with Crippen molar-refractivity contribution in [3.63, 3.8) is 0 Å². The summed E-state index contributed by atoms with van der Waals surface area (Å²) in [5.41, 5.74) is 3.86. The first-order valence-corrected chi connectivity index (χ1v) is 11.2. The Morgan fingerprint density at radius 1 is 1.00 bits per heavy atom. The van der Waals surface area contributed by atoms with Gasteiger partial charge in [0.2, 0.25) is 0 Å². The minimum atomic E-state index is -0.515. The number of rotatable bonds is 6. The molecule has 1 amide bonds. The molecule has 2 heterocycles. The van der Waals surface area contributed by atoms with Gasteiger partial charge in [-0.3, -0.25) is 9.48 Å². The maximum absolute atomic E-state index is 13.0. The Morgan fingerprint density at radius 3 is 2.46 bits per heavy atom. The van der Waals surface area contributed by atoms with Crippen LogP contribution in [-0.4, -0.2) is 28.9 Å². The summed E-state index contributed by atoms with van der Waals surface area (Å²) in [6, 6.07) is 26.8. The van der Waals surface area contributed by atoms with Crippen LogP contribution in [0.25, 0.3) is 17.3 Å². The number of benzene rings is 3. The number of hydrogen-bond acceptors (Lipinski definition) is 5.